The molecule has 0 unspecified atom stereocenters. The van der Waals surface area contributed by atoms with Gasteiger partial charge in [-0.2, -0.15) is 0 Å². The average Bonchev–Trinajstić information content (AvgIpc) is 2.32. The molecular weight excluding hydrogens is 248 g/mol. The number of nitrogens with zero attached hydrogens (tertiary/aromatic N) is 2. The first-order chi connectivity index (χ1) is 8.99. The Morgan fingerprint density at radius 3 is 2.74 bits per heavy atom. The molecule has 7 nitrogen and oxygen atoms in total. The average molecular weight is 260 g/mol. The number of aryl methyl sites for hydroxylation is 2. The Bertz CT molecular complexity index is 694. The molecule has 98 valence electrons. The van der Waals surface area contributed by atoms with Crippen LogP contribution in [0.5, 0.6) is 0 Å². The summed E-state index contributed by atoms with van der Waals surface area (Å²) in [7, 11) is 0. The maximum Gasteiger partial charge on any atom is 0.376 e. The van der Waals surface area contributed by atoms with Gasteiger partial charge in [0.25, 0.3) is 0 Å². The molecule has 0 atom stereocenters. The monoisotopic (exact) mass is 260 g/mol. The molecule has 2 aromatic rings. The fourth-order valence-electron chi connectivity index (χ4n) is 1.73. The first-order valence-electron chi connectivity index (χ1n) is 5.55. The van der Waals surface area contributed by atoms with Crippen molar-refractivity contribution in [3.8, 4) is 0 Å². The lowest BCUT2D eigenvalue weighted by Crippen LogP contribution is -2.14. The van der Waals surface area contributed by atoms with Crippen molar-refractivity contribution in [3.05, 3.63) is 56.1 Å². The summed E-state index contributed by atoms with van der Waals surface area (Å²) in [5, 5.41) is 13.7. The highest BCUT2D eigenvalue weighted by Gasteiger charge is 2.20. The van der Waals surface area contributed by atoms with Crippen molar-refractivity contribution in [2.45, 2.75) is 13.8 Å². The lowest BCUT2D eigenvalue weighted by molar-refractivity contribution is -0.385. The van der Waals surface area contributed by atoms with Gasteiger partial charge in [-0.1, -0.05) is 17.7 Å². The zero-order chi connectivity index (χ0) is 14.0. The smallest absolute Gasteiger partial charge is 0.334 e. The van der Waals surface area contributed by atoms with E-state index in [1.807, 2.05) is 26.0 Å². The van der Waals surface area contributed by atoms with Gasteiger partial charge in [-0.05, 0) is 25.5 Å². The van der Waals surface area contributed by atoms with Crippen LogP contribution in [0.3, 0.4) is 0 Å². The summed E-state index contributed by atoms with van der Waals surface area (Å²) in [6.07, 6.45) is 1.13. The van der Waals surface area contributed by atoms with E-state index in [1.54, 1.807) is 6.07 Å². The van der Waals surface area contributed by atoms with Crippen LogP contribution < -0.4 is 10.9 Å². The van der Waals surface area contributed by atoms with Gasteiger partial charge >= 0.3 is 11.2 Å². The summed E-state index contributed by atoms with van der Waals surface area (Å²) < 4.78 is 0. The lowest BCUT2D eigenvalue weighted by Gasteiger charge is -2.09. The number of hydrogen-bond acceptors (Lipinski definition) is 5. The summed E-state index contributed by atoms with van der Waals surface area (Å²) in [5.41, 5.74) is 1.29. The van der Waals surface area contributed by atoms with E-state index in [-0.39, 0.29) is 5.82 Å². The number of nitro groups is 1. The van der Waals surface area contributed by atoms with Crippen LogP contribution in [0, 0.1) is 24.0 Å². The predicted molar refractivity (Wildman–Crippen MR) is 70.7 cm³/mol. The highest BCUT2D eigenvalue weighted by Crippen LogP contribution is 2.24. The van der Waals surface area contributed by atoms with Gasteiger partial charge in [0.15, 0.2) is 0 Å². The lowest BCUT2D eigenvalue weighted by atomic mass is 10.1. The SMILES string of the molecule is Cc1ccc(Nc2nc[nH]c(=O)c2[N+](=O)[O-])c(C)c1. The van der Waals surface area contributed by atoms with E-state index < -0.39 is 16.2 Å². The molecule has 19 heavy (non-hydrogen) atoms. The van der Waals surface area contributed by atoms with Gasteiger partial charge in [0, 0.05) is 5.69 Å². The molecule has 0 radical (unpaired) electrons. The van der Waals surface area contributed by atoms with Crippen LogP contribution in [0.25, 0.3) is 0 Å². The van der Waals surface area contributed by atoms with Crippen molar-refractivity contribution >= 4 is 17.2 Å². The van der Waals surface area contributed by atoms with Gasteiger partial charge in [0.1, 0.15) is 0 Å². The van der Waals surface area contributed by atoms with E-state index in [0.29, 0.717) is 5.69 Å². The number of aromatic nitrogens is 2. The molecule has 0 aliphatic rings. The maximum atomic E-state index is 11.4. The van der Waals surface area contributed by atoms with Gasteiger partial charge < -0.3 is 10.3 Å². The Morgan fingerprint density at radius 1 is 1.37 bits per heavy atom. The van der Waals surface area contributed by atoms with Gasteiger partial charge in [0.05, 0.1) is 11.3 Å². The summed E-state index contributed by atoms with van der Waals surface area (Å²) in [4.78, 5) is 27.6. The fraction of sp³-hybridized carbons (Fsp3) is 0.167. The second-order valence-corrected chi connectivity index (χ2v) is 4.13. The zero-order valence-corrected chi connectivity index (χ0v) is 10.4. The molecule has 1 aromatic carbocycles. The predicted octanol–water partition coefficient (Wildman–Crippen LogP) is 2.04. The Labute approximate surface area is 108 Å². The van der Waals surface area contributed by atoms with Gasteiger partial charge in [0.2, 0.25) is 5.82 Å². The van der Waals surface area contributed by atoms with Crippen LogP contribution in [0.15, 0.2) is 29.3 Å². The molecule has 0 spiro atoms. The van der Waals surface area contributed by atoms with E-state index in [2.05, 4.69) is 15.3 Å². The van der Waals surface area contributed by atoms with Crippen molar-refractivity contribution in [2.24, 2.45) is 0 Å². The third-order valence-corrected chi connectivity index (χ3v) is 2.65. The van der Waals surface area contributed by atoms with Crippen molar-refractivity contribution in [2.75, 3.05) is 5.32 Å². The normalized spacial score (nSPS) is 10.2. The van der Waals surface area contributed by atoms with Crippen LogP contribution in [-0.4, -0.2) is 14.9 Å². The number of benzene rings is 1. The third-order valence-electron chi connectivity index (χ3n) is 2.65. The number of hydrogen-bond donors (Lipinski definition) is 2. The maximum absolute atomic E-state index is 11.4. The molecule has 2 rings (SSSR count). The van der Waals surface area contributed by atoms with Crippen molar-refractivity contribution in [3.63, 3.8) is 0 Å². The standard InChI is InChI=1S/C12H12N4O3/c1-7-3-4-9(8(2)5-7)15-11-10(16(18)19)12(17)14-6-13-11/h3-6H,1-2H3,(H2,13,14,15,17). The highest BCUT2D eigenvalue weighted by molar-refractivity contribution is 5.67. The number of anilines is 2. The van der Waals surface area contributed by atoms with Crippen LogP contribution in [-0.2, 0) is 0 Å². The molecule has 1 aromatic heterocycles. The molecule has 0 saturated carbocycles. The third kappa shape index (κ3) is 2.59. The fourth-order valence-corrected chi connectivity index (χ4v) is 1.73. The molecule has 2 N–H and O–H groups in total. The van der Waals surface area contributed by atoms with Crippen LogP contribution in [0.2, 0.25) is 0 Å². The molecule has 7 heteroatoms. The number of aromatic amines is 1. The Balaban J connectivity index is 2.47. The molecular formula is C12H12N4O3. The summed E-state index contributed by atoms with van der Waals surface area (Å²) >= 11 is 0. The van der Waals surface area contributed by atoms with Gasteiger partial charge in [-0.25, -0.2) is 4.98 Å². The van der Waals surface area contributed by atoms with E-state index in [4.69, 9.17) is 0 Å². The Kier molecular flexibility index (Phi) is 3.28. The van der Waals surface area contributed by atoms with Crippen molar-refractivity contribution in [1.82, 2.24) is 9.97 Å². The number of rotatable bonds is 3. The molecule has 0 aliphatic carbocycles. The Morgan fingerprint density at radius 2 is 2.11 bits per heavy atom. The minimum Gasteiger partial charge on any atom is -0.334 e. The Hall–Kier alpha value is -2.70. The number of H-pyrrole nitrogens is 1. The molecule has 1 heterocycles. The van der Waals surface area contributed by atoms with Crippen molar-refractivity contribution in [1.29, 1.82) is 0 Å². The second kappa shape index (κ2) is 4.89. The second-order valence-electron chi connectivity index (χ2n) is 4.13. The first kappa shape index (κ1) is 12.7. The summed E-state index contributed by atoms with van der Waals surface area (Å²) in [6.45, 7) is 3.82. The van der Waals surface area contributed by atoms with Gasteiger partial charge in [-0.3, -0.25) is 14.9 Å². The summed E-state index contributed by atoms with van der Waals surface area (Å²) in [5.74, 6) is -0.0688. The van der Waals surface area contributed by atoms with Crippen LogP contribution in [0.4, 0.5) is 17.2 Å². The van der Waals surface area contributed by atoms with E-state index in [1.165, 1.54) is 0 Å². The van der Waals surface area contributed by atoms with Crippen molar-refractivity contribution < 1.29 is 4.92 Å². The van der Waals surface area contributed by atoms with Gasteiger partial charge in [-0.15, -0.1) is 0 Å². The largest absolute Gasteiger partial charge is 0.376 e. The van der Waals surface area contributed by atoms with Crippen LogP contribution in [0.1, 0.15) is 11.1 Å². The van der Waals surface area contributed by atoms with E-state index >= 15 is 0 Å². The molecule has 0 saturated heterocycles. The summed E-state index contributed by atoms with van der Waals surface area (Å²) in [6, 6.07) is 5.59. The molecule has 0 fully saturated rings. The molecule has 0 amide bonds. The van der Waals surface area contributed by atoms with E-state index in [0.717, 1.165) is 17.5 Å². The quantitative estimate of drug-likeness (QED) is 0.649. The zero-order valence-electron chi connectivity index (χ0n) is 10.4. The minimum absolute atomic E-state index is 0.0688. The molecule has 0 bridgehead atoms. The topological polar surface area (TPSA) is 101 Å². The minimum atomic E-state index is -0.785. The molecule has 0 aliphatic heterocycles. The highest BCUT2D eigenvalue weighted by atomic mass is 16.6. The number of nitrogens with one attached hydrogen (secondary N) is 2. The van der Waals surface area contributed by atoms with E-state index in [9.17, 15) is 14.9 Å². The van der Waals surface area contributed by atoms with Crippen LogP contribution >= 0.6 is 0 Å². The first-order valence-corrected chi connectivity index (χ1v) is 5.55.